The first-order chi connectivity index (χ1) is 22.9. The van der Waals surface area contributed by atoms with Gasteiger partial charge in [-0.1, -0.05) is 6.08 Å². The molecule has 8 rings (SSSR count). The number of aromatic nitrogens is 5. The summed E-state index contributed by atoms with van der Waals surface area (Å²) in [6, 6.07) is 8.65. The van der Waals surface area contributed by atoms with Gasteiger partial charge in [-0.2, -0.15) is 0 Å². The van der Waals surface area contributed by atoms with Crippen molar-refractivity contribution in [1.82, 2.24) is 34.1 Å². The summed E-state index contributed by atoms with van der Waals surface area (Å²) < 4.78 is 29.6. The fraction of sp³-hybridized carbons (Fsp3) is 0.324. The van der Waals surface area contributed by atoms with Crippen molar-refractivity contribution in [2.45, 2.75) is 31.8 Å². The molecule has 2 bridgehead atoms. The highest BCUT2D eigenvalue weighted by atomic mass is 19.1. The van der Waals surface area contributed by atoms with Gasteiger partial charge in [0.15, 0.2) is 17.4 Å². The molecule has 0 radical (unpaired) electrons. The molecule has 1 aromatic carbocycles. The number of likely N-dealkylation sites (N-methyl/N-ethyl adjacent to an activating group) is 1. The van der Waals surface area contributed by atoms with E-state index in [1.54, 1.807) is 30.5 Å². The minimum atomic E-state index is -0.505. The van der Waals surface area contributed by atoms with Crippen molar-refractivity contribution in [2.24, 2.45) is 0 Å². The summed E-state index contributed by atoms with van der Waals surface area (Å²) in [5.74, 6) is 2.07. The number of hydrogen-bond acceptors (Lipinski definition) is 10. The molecule has 2 saturated heterocycles. The molecule has 3 aliphatic rings. The first-order valence-corrected chi connectivity index (χ1v) is 15.8. The number of amides is 1. The number of rotatable bonds is 6. The van der Waals surface area contributed by atoms with E-state index < -0.39 is 5.82 Å². The minimum Gasteiger partial charge on any atom is -0.487 e. The number of fused-ring (bicyclic) bond motifs is 6. The highest BCUT2D eigenvalue weighted by Crippen LogP contribution is 2.37. The van der Waals surface area contributed by atoms with Gasteiger partial charge in [0.05, 0.1) is 17.2 Å². The zero-order chi connectivity index (χ0) is 32.1. The van der Waals surface area contributed by atoms with Crippen LogP contribution in [0.25, 0.3) is 16.7 Å². The van der Waals surface area contributed by atoms with Crippen LogP contribution in [0.3, 0.4) is 0 Å². The lowest BCUT2D eigenvalue weighted by molar-refractivity contribution is -0.129. The van der Waals surface area contributed by atoms with Crippen LogP contribution in [0.4, 0.5) is 21.7 Å². The number of pyridine rings is 2. The topological polar surface area (TPSA) is 113 Å². The van der Waals surface area contributed by atoms with Crippen LogP contribution < -0.4 is 19.7 Å². The Hall–Kier alpha value is -5.30. The summed E-state index contributed by atoms with van der Waals surface area (Å²) >= 11 is 0. The van der Waals surface area contributed by atoms with Gasteiger partial charge >= 0.3 is 0 Å². The largest absolute Gasteiger partial charge is 0.487 e. The van der Waals surface area contributed by atoms with Crippen LogP contribution in [0.2, 0.25) is 0 Å². The van der Waals surface area contributed by atoms with Crippen molar-refractivity contribution in [2.75, 3.05) is 50.1 Å². The third-order valence-corrected chi connectivity index (χ3v) is 9.21. The fourth-order valence-electron chi connectivity index (χ4n) is 6.60. The Morgan fingerprint density at radius 2 is 2.04 bits per heavy atom. The molecule has 240 valence electrons. The van der Waals surface area contributed by atoms with Crippen molar-refractivity contribution in [1.29, 1.82) is 0 Å². The molecule has 0 unspecified atom stereocenters. The van der Waals surface area contributed by atoms with Crippen molar-refractivity contribution in [3.63, 3.8) is 0 Å². The van der Waals surface area contributed by atoms with E-state index >= 15 is 4.39 Å². The van der Waals surface area contributed by atoms with Gasteiger partial charge in [-0.3, -0.25) is 9.69 Å². The Balaban J connectivity index is 1.02. The molecule has 12 nitrogen and oxygen atoms in total. The Kier molecular flexibility index (Phi) is 7.32. The molecule has 47 heavy (non-hydrogen) atoms. The second kappa shape index (κ2) is 11.8. The Morgan fingerprint density at radius 1 is 1.13 bits per heavy atom. The summed E-state index contributed by atoms with van der Waals surface area (Å²) in [5, 5.41) is 3.13. The minimum absolute atomic E-state index is 0.00723. The number of anilines is 3. The lowest BCUT2D eigenvalue weighted by Gasteiger charge is -2.39. The number of likely N-dealkylation sites (tertiary alicyclic amines) is 1. The van der Waals surface area contributed by atoms with Gasteiger partial charge in [0.25, 0.3) is 0 Å². The molecule has 7 heterocycles. The zero-order valence-corrected chi connectivity index (χ0v) is 26.1. The summed E-state index contributed by atoms with van der Waals surface area (Å²) in [5.41, 5.74) is 2.74. The average Bonchev–Trinajstić information content (AvgIpc) is 3.69. The second-order valence-electron chi connectivity index (χ2n) is 12.3. The van der Waals surface area contributed by atoms with E-state index in [4.69, 9.17) is 14.5 Å². The van der Waals surface area contributed by atoms with Crippen molar-refractivity contribution in [3.05, 3.63) is 78.8 Å². The monoisotopic (exact) mass is 635 g/mol. The molecule has 2 atom stereocenters. The predicted octanol–water partition coefficient (Wildman–Crippen LogP) is 4.72. The number of nitrogens with zero attached hydrogens (tertiary/aromatic N) is 8. The number of halogens is 1. The van der Waals surface area contributed by atoms with Crippen molar-refractivity contribution < 1.29 is 18.7 Å². The first-order valence-electron chi connectivity index (χ1n) is 15.8. The maximum atomic E-state index is 15.5. The molecule has 1 amide bonds. The summed E-state index contributed by atoms with van der Waals surface area (Å²) in [4.78, 5) is 37.6. The van der Waals surface area contributed by atoms with Gasteiger partial charge in [0, 0.05) is 68.5 Å². The van der Waals surface area contributed by atoms with Crippen LogP contribution in [0.5, 0.6) is 17.2 Å². The maximum absolute atomic E-state index is 15.5. The van der Waals surface area contributed by atoms with E-state index in [1.165, 1.54) is 12.4 Å². The van der Waals surface area contributed by atoms with Gasteiger partial charge in [0.2, 0.25) is 5.91 Å². The van der Waals surface area contributed by atoms with E-state index in [-0.39, 0.29) is 17.6 Å². The molecule has 13 heteroatoms. The van der Waals surface area contributed by atoms with Crippen LogP contribution in [0, 0.1) is 12.7 Å². The fourth-order valence-corrected chi connectivity index (χ4v) is 6.60. The van der Waals surface area contributed by atoms with Gasteiger partial charge < -0.3 is 29.0 Å². The van der Waals surface area contributed by atoms with Gasteiger partial charge in [0.1, 0.15) is 41.4 Å². The molecule has 2 fully saturated rings. The van der Waals surface area contributed by atoms with Crippen LogP contribution in [-0.4, -0.2) is 92.0 Å². The molecule has 0 spiro atoms. The van der Waals surface area contributed by atoms with E-state index in [2.05, 4.69) is 37.1 Å². The Morgan fingerprint density at radius 3 is 2.91 bits per heavy atom. The first kappa shape index (κ1) is 29.1. The maximum Gasteiger partial charge on any atom is 0.246 e. The number of piperazine rings is 1. The molecule has 3 aliphatic heterocycles. The normalized spacial score (nSPS) is 19.6. The van der Waals surface area contributed by atoms with Crippen LogP contribution >= 0.6 is 0 Å². The number of benzene rings is 1. The van der Waals surface area contributed by atoms with Gasteiger partial charge in [-0.15, -0.1) is 0 Å². The van der Waals surface area contributed by atoms with Crippen molar-refractivity contribution >= 4 is 39.9 Å². The average molecular weight is 636 g/mol. The smallest absolute Gasteiger partial charge is 0.246 e. The zero-order valence-electron chi connectivity index (χ0n) is 26.1. The molecular weight excluding hydrogens is 601 g/mol. The highest BCUT2D eigenvalue weighted by Gasteiger charge is 2.35. The SMILES string of the molecule is Cc1cc(Nc2ncnc3cc4c(nc23)N2CCN(C(=O)/C=C/[C@H]3CCCN3C)[C@H](CO4)C2)c(F)cc1Oc1ccn2ccnc2c1. The van der Waals surface area contributed by atoms with Gasteiger partial charge in [-0.05, 0) is 51.1 Å². The number of carbonyl (C=O) groups excluding carboxylic acids is 1. The number of imidazole rings is 1. The van der Waals surface area contributed by atoms with E-state index in [9.17, 15) is 4.79 Å². The molecule has 5 aromatic rings. The number of nitrogens with one attached hydrogen (secondary N) is 1. The lowest BCUT2D eigenvalue weighted by atomic mass is 10.1. The predicted molar refractivity (Wildman–Crippen MR) is 175 cm³/mol. The van der Waals surface area contributed by atoms with Crippen LogP contribution in [0.15, 0.2) is 67.4 Å². The van der Waals surface area contributed by atoms with Crippen molar-refractivity contribution in [3.8, 4) is 17.2 Å². The summed E-state index contributed by atoms with van der Waals surface area (Å²) in [6.07, 6.45) is 12.8. The molecule has 0 saturated carbocycles. The quantitative estimate of drug-likeness (QED) is 0.263. The van der Waals surface area contributed by atoms with Crippen LogP contribution in [-0.2, 0) is 4.79 Å². The number of carbonyl (C=O) groups is 1. The summed E-state index contributed by atoms with van der Waals surface area (Å²) in [6.45, 7) is 5.01. The molecule has 4 aromatic heterocycles. The number of hydrogen-bond donors (Lipinski definition) is 1. The third-order valence-electron chi connectivity index (χ3n) is 9.21. The Bertz CT molecular complexity index is 2030. The van der Waals surface area contributed by atoms with E-state index in [0.717, 1.165) is 30.6 Å². The third kappa shape index (κ3) is 5.56. The van der Waals surface area contributed by atoms with Gasteiger partial charge in [-0.25, -0.2) is 24.3 Å². The molecular formula is C34H34FN9O3. The lowest BCUT2D eigenvalue weighted by Crippen LogP contribution is -2.56. The molecule has 0 aliphatic carbocycles. The van der Waals surface area contributed by atoms with E-state index in [1.807, 2.05) is 40.8 Å². The number of ether oxygens (including phenoxy) is 2. The standard InChI is InChI=1S/C34H34FN9O3/c1-21-14-26(25(35)16-28(21)47-24-7-10-42-11-8-36-30(42)15-24)39-33-32-27(37-20-38-33)17-29-34(40-32)43-12-13-44(23(18-43)19-46-29)31(45)6-5-22-4-3-9-41(22)2/h5-8,10-11,14-17,20,22-23H,3-4,9,12-13,18-19H2,1-2H3,(H,37,38,39)/b6-5+/t22-,23+/m1/s1. The van der Waals surface area contributed by atoms with Crippen LogP contribution in [0.1, 0.15) is 18.4 Å². The number of aryl methyl sites for hydroxylation is 1. The van der Waals surface area contributed by atoms with E-state index in [0.29, 0.717) is 72.2 Å². The summed E-state index contributed by atoms with van der Waals surface area (Å²) in [7, 11) is 2.10. The molecule has 1 N–H and O–H groups in total. The highest BCUT2D eigenvalue weighted by molar-refractivity contribution is 5.91. The second-order valence-corrected chi connectivity index (χ2v) is 12.3. The Labute approximate surface area is 270 Å².